The van der Waals surface area contributed by atoms with Crippen LogP contribution >= 0.6 is 0 Å². The van der Waals surface area contributed by atoms with Crippen molar-refractivity contribution in [3.63, 3.8) is 0 Å². The Morgan fingerprint density at radius 2 is 1.81 bits per heavy atom. The van der Waals surface area contributed by atoms with E-state index >= 15 is 0 Å². The van der Waals surface area contributed by atoms with Gasteiger partial charge in [-0.15, -0.1) is 0 Å². The third-order valence-corrected chi connectivity index (χ3v) is 4.70. The van der Waals surface area contributed by atoms with Crippen LogP contribution in [0.2, 0.25) is 0 Å². The molecule has 26 heavy (non-hydrogen) atoms. The zero-order chi connectivity index (χ0) is 19.2. The van der Waals surface area contributed by atoms with E-state index in [-0.39, 0.29) is 5.41 Å². The Morgan fingerprint density at radius 1 is 1.12 bits per heavy atom. The molecule has 0 saturated heterocycles. The lowest BCUT2D eigenvalue weighted by molar-refractivity contribution is 0.506. The van der Waals surface area contributed by atoms with Crippen molar-refractivity contribution in [2.24, 2.45) is 4.99 Å². The van der Waals surface area contributed by atoms with E-state index in [0.29, 0.717) is 0 Å². The fraction of sp³-hybridized carbons (Fsp3) is 0.524. The van der Waals surface area contributed by atoms with Gasteiger partial charge in [-0.3, -0.25) is 9.67 Å². The minimum absolute atomic E-state index is 0.0367. The summed E-state index contributed by atoms with van der Waals surface area (Å²) < 4.78 is 2.06. The van der Waals surface area contributed by atoms with Crippen molar-refractivity contribution in [3.8, 4) is 0 Å². The van der Waals surface area contributed by atoms with E-state index in [1.165, 1.54) is 16.8 Å². The lowest BCUT2D eigenvalue weighted by atomic mass is 9.84. The van der Waals surface area contributed by atoms with Crippen molar-refractivity contribution < 1.29 is 0 Å². The van der Waals surface area contributed by atoms with Crippen LogP contribution in [0.5, 0.6) is 0 Å². The maximum absolute atomic E-state index is 4.50. The third-order valence-electron chi connectivity index (χ3n) is 4.70. The molecule has 5 nitrogen and oxygen atoms in total. The van der Waals surface area contributed by atoms with Crippen LogP contribution in [-0.4, -0.2) is 35.9 Å². The molecule has 0 aliphatic heterocycles. The fourth-order valence-corrected chi connectivity index (χ4v) is 2.97. The van der Waals surface area contributed by atoms with Crippen LogP contribution in [0.3, 0.4) is 0 Å². The van der Waals surface area contributed by atoms with Crippen molar-refractivity contribution in [3.05, 3.63) is 52.8 Å². The van der Waals surface area contributed by atoms with Gasteiger partial charge in [0.2, 0.25) is 0 Å². The van der Waals surface area contributed by atoms with Crippen molar-refractivity contribution >= 4 is 5.96 Å². The molecule has 0 unspecified atom stereocenters. The van der Waals surface area contributed by atoms with Gasteiger partial charge in [-0.1, -0.05) is 43.7 Å². The standard InChI is InChI=1S/C21H33N5/c1-16-8-10-19(11-9-16)21(4,5)15-24-20(22-6)23-12-7-13-26-18(3)14-17(2)25-26/h8-11,14H,7,12-13,15H2,1-6H3,(H2,22,23,24). The predicted octanol–water partition coefficient (Wildman–Crippen LogP) is 3.34. The highest BCUT2D eigenvalue weighted by atomic mass is 15.3. The Kier molecular flexibility index (Phi) is 6.83. The van der Waals surface area contributed by atoms with Crippen molar-refractivity contribution in [2.45, 2.75) is 53.0 Å². The molecule has 0 amide bonds. The molecule has 0 saturated carbocycles. The Labute approximate surface area is 157 Å². The zero-order valence-electron chi connectivity index (χ0n) is 17.1. The second kappa shape index (κ2) is 8.88. The summed E-state index contributed by atoms with van der Waals surface area (Å²) in [6.45, 7) is 13.4. The van der Waals surface area contributed by atoms with E-state index in [2.05, 4.69) is 83.4 Å². The van der Waals surface area contributed by atoms with Crippen LogP contribution in [-0.2, 0) is 12.0 Å². The minimum atomic E-state index is 0.0367. The van der Waals surface area contributed by atoms with E-state index in [4.69, 9.17) is 0 Å². The molecule has 1 aromatic carbocycles. The molecular formula is C21H33N5. The van der Waals surface area contributed by atoms with Gasteiger partial charge in [0.15, 0.2) is 5.96 Å². The van der Waals surface area contributed by atoms with Gasteiger partial charge in [0.05, 0.1) is 5.69 Å². The third kappa shape index (κ3) is 5.61. The van der Waals surface area contributed by atoms with Crippen LogP contribution in [0.15, 0.2) is 35.3 Å². The van der Waals surface area contributed by atoms with Gasteiger partial charge < -0.3 is 10.6 Å². The van der Waals surface area contributed by atoms with Gasteiger partial charge in [0, 0.05) is 37.8 Å². The van der Waals surface area contributed by atoms with Crippen LogP contribution in [0.25, 0.3) is 0 Å². The SMILES string of the molecule is CN=C(NCCCn1nc(C)cc1C)NCC(C)(C)c1ccc(C)cc1. The summed E-state index contributed by atoms with van der Waals surface area (Å²) >= 11 is 0. The Morgan fingerprint density at radius 3 is 2.38 bits per heavy atom. The highest BCUT2D eigenvalue weighted by Gasteiger charge is 2.20. The molecular weight excluding hydrogens is 322 g/mol. The molecule has 0 bridgehead atoms. The topological polar surface area (TPSA) is 54.2 Å². The average Bonchev–Trinajstić information content (AvgIpc) is 2.92. The quantitative estimate of drug-likeness (QED) is 0.455. The minimum Gasteiger partial charge on any atom is -0.356 e. The summed E-state index contributed by atoms with van der Waals surface area (Å²) in [6.07, 6.45) is 1.00. The number of aromatic nitrogens is 2. The summed E-state index contributed by atoms with van der Waals surface area (Å²) in [5, 5.41) is 11.3. The second-order valence-electron chi connectivity index (χ2n) is 7.61. The highest BCUT2D eigenvalue weighted by Crippen LogP contribution is 2.22. The van der Waals surface area contributed by atoms with E-state index < -0.39 is 0 Å². The number of aliphatic imine (C=N–C) groups is 1. The molecule has 2 rings (SSSR count). The summed E-state index contributed by atoms with van der Waals surface area (Å²) in [7, 11) is 1.81. The average molecular weight is 356 g/mol. The molecule has 2 aromatic rings. The molecule has 0 fully saturated rings. The van der Waals surface area contributed by atoms with Crippen LogP contribution in [0.1, 0.15) is 42.8 Å². The van der Waals surface area contributed by atoms with Crippen LogP contribution < -0.4 is 10.6 Å². The molecule has 142 valence electrons. The summed E-state index contributed by atoms with van der Waals surface area (Å²) in [4.78, 5) is 4.34. The number of nitrogens with one attached hydrogen (secondary N) is 2. The molecule has 0 atom stereocenters. The molecule has 0 aliphatic carbocycles. The van der Waals surface area contributed by atoms with Gasteiger partial charge in [0.25, 0.3) is 0 Å². The maximum atomic E-state index is 4.50. The number of guanidine groups is 1. The van der Waals surface area contributed by atoms with E-state index in [9.17, 15) is 0 Å². The fourth-order valence-electron chi connectivity index (χ4n) is 2.97. The Bertz CT molecular complexity index is 725. The molecule has 1 heterocycles. The first-order valence-corrected chi connectivity index (χ1v) is 9.34. The molecule has 0 aliphatic rings. The first kappa shape index (κ1) is 20.0. The highest BCUT2D eigenvalue weighted by molar-refractivity contribution is 5.79. The zero-order valence-corrected chi connectivity index (χ0v) is 17.1. The van der Waals surface area contributed by atoms with Crippen molar-refractivity contribution in [1.82, 2.24) is 20.4 Å². The molecule has 0 radical (unpaired) electrons. The molecule has 0 spiro atoms. The Hall–Kier alpha value is -2.30. The van der Waals surface area contributed by atoms with E-state index in [1.54, 1.807) is 0 Å². The number of nitrogens with zero attached hydrogens (tertiary/aromatic N) is 3. The maximum Gasteiger partial charge on any atom is 0.191 e. The molecule has 5 heteroatoms. The number of hydrogen-bond donors (Lipinski definition) is 2. The lowest BCUT2D eigenvalue weighted by Gasteiger charge is -2.27. The smallest absolute Gasteiger partial charge is 0.191 e. The van der Waals surface area contributed by atoms with E-state index in [0.717, 1.165) is 37.7 Å². The first-order chi connectivity index (χ1) is 12.3. The van der Waals surface area contributed by atoms with Crippen molar-refractivity contribution in [2.75, 3.05) is 20.1 Å². The van der Waals surface area contributed by atoms with Gasteiger partial charge in [-0.2, -0.15) is 5.10 Å². The molecule has 2 N–H and O–H groups in total. The van der Waals surface area contributed by atoms with Crippen molar-refractivity contribution in [1.29, 1.82) is 0 Å². The van der Waals surface area contributed by atoms with Gasteiger partial charge >= 0.3 is 0 Å². The van der Waals surface area contributed by atoms with Crippen LogP contribution in [0.4, 0.5) is 0 Å². The van der Waals surface area contributed by atoms with E-state index in [1.807, 2.05) is 14.0 Å². The Balaban J connectivity index is 1.78. The normalized spacial score (nSPS) is 12.3. The van der Waals surface area contributed by atoms with Crippen LogP contribution in [0, 0.1) is 20.8 Å². The molecule has 1 aromatic heterocycles. The predicted molar refractivity (Wildman–Crippen MR) is 110 cm³/mol. The van der Waals surface area contributed by atoms with Gasteiger partial charge in [0.1, 0.15) is 0 Å². The monoisotopic (exact) mass is 355 g/mol. The second-order valence-corrected chi connectivity index (χ2v) is 7.61. The summed E-state index contributed by atoms with van der Waals surface area (Å²) in [6, 6.07) is 10.9. The summed E-state index contributed by atoms with van der Waals surface area (Å²) in [5.74, 6) is 0.846. The summed E-state index contributed by atoms with van der Waals surface area (Å²) in [5.41, 5.74) is 4.94. The first-order valence-electron chi connectivity index (χ1n) is 9.34. The lowest BCUT2D eigenvalue weighted by Crippen LogP contribution is -2.43. The van der Waals surface area contributed by atoms with Gasteiger partial charge in [-0.05, 0) is 38.8 Å². The largest absolute Gasteiger partial charge is 0.356 e. The number of rotatable bonds is 7. The number of benzene rings is 1. The number of hydrogen-bond acceptors (Lipinski definition) is 2. The van der Waals surface area contributed by atoms with Gasteiger partial charge in [-0.25, -0.2) is 0 Å². The number of aryl methyl sites for hydroxylation is 4.